The summed E-state index contributed by atoms with van der Waals surface area (Å²) in [5, 5.41) is 5.82. The average Bonchev–Trinajstić information content (AvgIpc) is 3.00. The van der Waals surface area contributed by atoms with Crippen LogP contribution in [0.3, 0.4) is 0 Å². The van der Waals surface area contributed by atoms with E-state index in [4.69, 9.17) is 22.9 Å². The minimum atomic E-state index is 0.309. The lowest BCUT2D eigenvalue weighted by atomic mass is 9.81. The number of hydrogen-bond donors (Lipinski definition) is 6. The van der Waals surface area contributed by atoms with E-state index >= 15 is 0 Å². The second-order valence-corrected chi connectivity index (χ2v) is 11.0. The molecule has 1 saturated carbocycles. The van der Waals surface area contributed by atoms with Gasteiger partial charge in [0.05, 0.1) is 0 Å². The van der Waals surface area contributed by atoms with Gasteiger partial charge in [-0.2, -0.15) is 0 Å². The number of aliphatic imine (C=N–C) groups is 4. The molecule has 10 heteroatoms. The van der Waals surface area contributed by atoms with Crippen molar-refractivity contribution in [3.63, 3.8) is 0 Å². The summed E-state index contributed by atoms with van der Waals surface area (Å²) >= 11 is 0. The number of nitrogens with zero attached hydrogens (tertiary/aromatic N) is 4. The lowest BCUT2D eigenvalue weighted by Gasteiger charge is -2.27. The van der Waals surface area contributed by atoms with Crippen LogP contribution < -0.4 is 33.6 Å². The fourth-order valence-corrected chi connectivity index (χ4v) is 5.18. The van der Waals surface area contributed by atoms with E-state index in [0.717, 1.165) is 64.2 Å². The highest BCUT2D eigenvalue weighted by atomic mass is 15.2. The topological polar surface area (TPSA) is 178 Å². The lowest BCUT2D eigenvalue weighted by Crippen LogP contribution is -2.42. The van der Waals surface area contributed by atoms with Gasteiger partial charge in [-0.05, 0) is 80.8 Å². The predicted molar refractivity (Wildman–Crippen MR) is 176 cm³/mol. The van der Waals surface area contributed by atoms with Crippen molar-refractivity contribution in [2.24, 2.45) is 54.7 Å². The van der Waals surface area contributed by atoms with Gasteiger partial charge in [0, 0.05) is 26.2 Å². The zero-order valence-electron chi connectivity index (χ0n) is 24.9. The average molecular weight is 575 g/mol. The van der Waals surface area contributed by atoms with E-state index in [-0.39, 0.29) is 0 Å². The smallest absolute Gasteiger partial charge is 0.195 e. The quantitative estimate of drug-likeness (QED) is 0.115. The SMILES string of the molecule is NC(=NCCCCc1ccccc1)NC(N)=NCC1CCCC(CN=C(N)NC(N)=NCCCCc2ccccc2)C1. The molecular formula is C32H50N10. The van der Waals surface area contributed by atoms with Crippen molar-refractivity contribution >= 4 is 23.8 Å². The molecule has 1 fully saturated rings. The van der Waals surface area contributed by atoms with Crippen molar-refractivity contribution in [1.29, 1.82) is 0 Å². The number of benzene rings is 2. The molecule has 2 unspecified atom stereocenters. The Bertz CT molecular complexity index is 1050. The zero-order valence-corrected chi connectivity index (χ0v) is 24.9. The molecule has 2 aromatic carbocycles. The fourth-order valence-electron chi connectivity index (χ4n) is 5.18. The van der Waals surface area contributed by atoms with Crippen LogP contribution in [0.15, 0.2) is 80.6 Å². The van der Waals surface area contributed by atoms with Crippen LogP contribution in [0.4, 0.5) is 0 Å². The Morgan fingerprint density at radius 2 is 0.976 bits per heavy atom. The molecule has 2 atom stereocenters. The van der Waals surface area contributed by atoms with E-state index in [0.29, 0.717) is 61.9 Å². The molecule has 0 aliphatic heterocycles. The summed E-state index contributed by atoms with van der Waals surface area (Å²) in [6.07, 6.45) is 10.6. The summed E-state index contributed by atoms with van der Waals surface area (Å²) in [6.45, 7) is 2.63. The predicted octanol–water partition coefficient (Wildman–Crippen LogP) is 3.28. The summed E-state index contributed by atoms with van der Waals surface area (Å²) in [5.74, 6) is 2.14. The molecule has 0 saturated heterocycles. The maximum atomic E-state index is 6.06. The molecule has 10 N–H and O–H groups in total. The number of rotatable bonds is 14. The van der Waals surface area contributed by atoms with E-state index in [2.05, 4.69) is 79.1 Å². The second-order valence-electron chi connectivity index (χ2n) is 11.0. The van der Waals surface area contributed by atoms with Crippen LogP contribution in [-0.4, -0.2) is 50.0 Å². The minimum absolute atomic E-state index is 0.309. The van der Waals surface area contributed by atoms with E-state index < -0.39 is 0 Å². The summed E-state index contributed by atoms with van der Waals surface area (Å²) < 4.78 is 0. The van der Waals surface area contributed by atoms with Gasteiger partial charge in [-0.1, -0.05) is 67.1 Å². The molecule has 0 radical (unpaired) electrons. The molecule has 0 spiro atoms. The molecule has 0 amide bonds. The highest BCUT2D eigenvalue weighted by Gasteiger charge is 2.21. The monoisotopic (exact) mass is 574 g/mol. The van der Waals surface area contributed by atoms with Crippen LogP contribution in [0.25, 0.3) is 0 Å². The summed E-state index contributed by atoms with van der Waals surface area (Å²) in [5.41, 5.74) is 26.8. The van der Waals surface area contributed by atoms with Crippen LogP contribution in [-0.2, 0) is 12.8 Å². The Morgan fingerprint density at radius 3 is 1.40 bits per heavy atom. The van der Waals surface area contributed by atoms with Gasteiger partial charge in [0.25, 0.3) is 0 Å². The van der Waals surface area contributed by atoms with Gasteiger partial charge < -0.3 is 22.9 Å². The van der Waals surface area contributed by atoms with Crippen molar-refractivity contribution < 1.29 is 0 Å². The minimum Gasteiger partial charge on any atom is -0.370 e. The molecule has 1 aliphatic carbocycles. The van der Waals surface area contributed by atoms with Crippen LogP contribution >= 0.6 is 0 Å². The third kappa shape index (κ3) is 14.0. The molecule has 0 heterocycles. The second kappa shape index (κ2) is 19.1. The standard InChI is InChI=1S/C32H50N10/c33-29(37-20-9-7-16-25-12-3-1-4-13-25)41-31(35)39-23-27-18-11-19-28(22-27)24-40-32(36)42-30(34)38-21-10-8-17-26-14-5-2-6-15-26/h1-6,12-15,27-28H,7-11,16-24H2,(H5,33,35,37,39,41)(H5,34,36,38,40,42). The van der Waals surface area contributed by atoms with Gasteiger partial charge in [-0.15, -0.1) is 0 Å². The number of hydrogen-bond acceptors (Lipinski definition) is 4. The van der Waals surface area contributed by atoms with E-state index in [1.165, 1.54) is 11.1 Å². The number of unbranched alkanes of at least 4 members (excludes halogenated alkanes) is 2. The largest absolute Gasteiger partial charge is 0.370 e. The van der Waals surface area contributed by atoms with Crippen molar-refractivity contribution in [3.05, 3.63) is 71.8 Å². The molecule has 0 aromatic heterocycles. The lowest BCUT2D eigenvalue weighted by molar-refractivity contribution is 0.278. The molecule has 10 nitrogen and oxygen atoms in total. The normalized spacial score (nSPS) is 18.6. The van der Waals surface area contributed by atoms with E-state index in [9.17, 15) is 0 Å². The molecular weight excluding hydrogens is 524 g/mol. The molecule has 42 heavy (non-hydrogen) atoms. The van der Waals surface area contributed by atoms with Crippen molar-refractivity contribution in [2.75, 3.05) is 26.2 Å². The Hall–Kier alpha value is -4.08. The molecule has 1 aliphatic rings. The van der Waals surface area contributed by atoms with Crippen LogP contribution in [0.5, 0.6) is 0 Å². The number of nitrogens with one attached hydrogen (secondary N) is 2. The van der Waals surface area contributed by atoms with E-state index in [1.54, 1.807) is 0 Å². The third-order valence-corrected chi connectivity index (χ3v) is 7.44. The first kappa shape index (κ1) is 32.4. The highest BCUT2D eigenvalue weighted by Crippen LogP contribution is 2.29. The van der Waals surface area contributed by atoms with E-state index in [1.807, 2.05) is 12.1 Å². The Morgan fingerprint density at radius 1 is 0.571 bits per heavy atom. The molecule has 0 bridgehead atoms. The van der Waals surface area contributed by atoms with Crippen molar-refractivity contribution in [3.8, 4) is 0 Å². The summed E-state index contributed by atoms with van der Waals surface area (Å²) in [4.78, 5) is 17.8. The van der Waals surface area contributed by atoms with Gasteiger partial charge in [-0.25, -0.2) is 0 Å². The Balaban J connectivity index is 1.28. The molecule has 228 valence electrons. The third-order valence-electron chi connectivity index (χ3n) is 7.44. The van der Waals surface area contributed by atoms with Gasteiger partial charge in [-0.3, -0.25) is 30.6 Å². The summed E-state index contributed by atoms with van der Waals surface area (Å²) in [6, 6.07) is 20.9. The highest BCUT2D eigenvalue weighted by molar-refractivity contribution is 5.97. The van der Waals surface area contributed by atoms with Crippen molar-refractivity contribution in [1.82, 2.24) is 10.6 Å². The van der Waals surface area contributed by atoms with Crippen LogP contribution in [0.2, 0.25) is 0 Å². The molecule has 2 aromatic rings. The molecule has 3 rings (SSSR count). The Kier molecular flexibility index (Phi) is 14.8. The zero-order chi connectivity index (χ0) is 29.8. The number of aryl methyl sites for hydroxylation is 2. The summed E-state index contributed by atoms with van der Waals surface area (Å²) in [7, 11) is 0. The first-order chi connectivity index (χ1) is 20.5. The first-order valence-corrected chi connectivity index (χ1v) is 15.3. The maximum absolute atomic E-state index is 6.06. The van der Waals surface area contributed by atoms with Gasteiger partial charge >= 0.3 is 0 Å². The Labute approximate surface area is 251 Å². The van der Waals surface area contributed by atoms with Gasteiger partial charge in [0.15, 0.2) is 23.8 Å². The maximum Gasteiger partial charge on any atom is 0.195 e. The number of guanidine groups is 4. The van der Waals surface area contributed by atoms with Crippen molar-refractivity contribution in [2.45, 2.75) is 64.2 Å². The van der Waals surface area contributed by atoms with Crippen LogP contribution in [0.1, 0.15) is 62.5 Å². The van der Waals surface area contributed by atoms with Gasteiger partial charge in [0.1, 0.15) is 0 Å². The fraction of sp³-hybridized carbons (Fsp3) is 0.500. The van der Waals surface area contributed by atoms with Gasteiger partial charge in [0.2, 0.25) is 0 Å². The number of nitrogens with two attached hydrogens (primary N) is 4. The van der Waals surface area contributed by atoms with Crippen LogP contribution in [0, 0.1) is 11.8 Å². The first-order valence-electron chi connectivity index (χ1n) is 15.3.